The Balaban J connectivity index is 2.21. The summed E-state index contributed by atoms with van der Waals surface area (Å²) < 4.78 is 0. The largest absolute Gasteiger partial charge is 0.507 e. The van der Waals surface area contributed by atoms with Gasteiger partial charge < -0.3 is 5.11 Å². The van der Waals surface area contributed by atoms with Crippen LogP contribution in [0.5, 0.6) is 5.75 Å². The number of hydrogen-bond donors (Lipinski definition) is 1. The number of phenolic OH excluding ortho intramolecular Hbond substituents is 1. The zero-order valence-electron chi connectivity index (χ0n) is 11.5. The number of halogens is 1. The highest BCUT2D eigenvalue weighted by Gasteiger charge is 2.11. The summed E-state index contributed by atoms with van der Waals surface area (Å²) in [6, 6.07) is 24.3. The molecule has 0 aliphatic rings. The molecule has 1 N–H and O–H groups in total. The summed E-state index contributed by atoms with van der Waals surface area (Å²) in [6.45, 7) is 0. The van der Waals surface area contributed by atoms with Gasteiger partial charge in [-0.25, -0.2) is 0 Å². The maximum absolute atomic E-state index is 10.5. The molecule has 3 aromatic rings. The van der Waals surface area contributed by atoms with Gasteiger partial charge in [0, 0.05) is 16.5 Å². The summed E-state index contributed by atoms with van der Waals surface area (Å²) in [7, 11) is 0. The molecule has 0 amide bonds. The Kier molecular flexibility index (Phi) is 4.07. The number of alkyl halides is 1. The average Bonchev–Trinajstić information content (AvgIpc) is 2.56. The van der Waals surface area contributed by atoms with Crippen molar-refractivity contribution in [3.05, 3.63) is 78.4 Å². The number of phenols is 1. The topological polar surface area (TPSA) is 20.2 Å². The zero-order chi connectivity index (χ0) is 14.7. The molecule has 0 heterocycles. The minimum Gasteiger partial charge on any atom is -0.507 e. The molecule has 2 heteroatoms. The van der Waals surface area contributed by atoms with Gasteiger partial charge in [0.2, 0.25) is 0 Å². The van der Waals surface area contributed by atoms with E-state index >= 15 is 0 Å². The fraction of sp³-hybridized carbons (Fsp3) is 0.0526. The van der Waals surface area contributed by atoms with Gasteiger partial charge in [0.1, 0.15) is 5.75 Å². The third-order valence-corrected chi connectivity index (χ3v) is 4.13. The molecule has 0 spiro atoms. The molecule has 0 atom stereocenters. The maximum atomic E-state index is 10.5. The third-order valence-electron chi connectivity index (χ3n) is 3.52. The number of benzene rings is 3. The van der Waals surface area contributed by atoms with E-state index in [0.29, 0.717) is 11.1 Å². The first-order valence-corrected chi connectivity index (χ1v) is 7.94. The van der Waals surface area contributed by atoms with Crippen LogP contribution in [0, 0.1) is 0 Å². The molecule has 0 aliphatic heterocycles. The minimum absolute atomic E-state index is 0.345. The number of hydrogen-bond acceptors (Lipinski definition) is 1. The molecule has 3 aromatic carbocycles. The van der Waals surface area contributed by atoms with E-state index in [9.17, 15) is 5.11 Å². The van der Waals surface area contributed by atoms with Gasteiger partial charge in [-0.15, -0.1) is 0 Å². The van der Waals surface area contributed by atoms with Gasteiger partial charge in [0.25, 0.3) is 0 Å². The van der Waals surface area contributed by atoms with Crippen molar-refractivity contribution in [2.45, 2.75) is 5.33 Å². The van der Waals surface area contributed by atoms with Gasteiger partial charge in [-0.2, -0.15) is 0 Å². The van der Waals surface area contributed by atoms with Crippen molar-refractivity contribution in [1.82, 2.24) is 0 Å². The van der Waals surface area contributed by atoms with Crippen LogP contribution in [0.2, 0.25) is 0 Å². The Morgan fingerprint density at radius 2 is 1.29 bits per heavy atom. The Morgan fingerprint density at radius 1 is 0.714 bits per heavy atom. The van der Waals surface area contributed by atoms with Crippen LogP contribution in [0.25, 0.3) is 22.3 Å². The first-order valence-electron chi connectivity index (χ1n) is 6.82. The highest BCUT2D eigenvalue weighted by molar-refractivity contribution is 9.08. The van der Waals surface area contributed by atoms with Crippen LogP contribution in [0.1, 0.15) is 5.56 Å². The maximum Gasteiger partial charge on any atom is 0.127 e. The summed E-state index contributed by atoms with van der Waals surface area (Å²) in [5, 5.41) is 11.1. The molecule has 0 bridgehead atoms. The fourth-order valence-corrected chi connectivity index (χ4v) is 2.86. The van der Waals surface area contributed by atoms with E-state index in [0.717, 1.165) is 27.8 Å². The van der Waals surface area contributed by atoms with E-state index < -0.39 is 0 Å². The van der Waals surface area contributed by atoms with Crippen molar-refractivity contribution < 1.29 is 5.11 Å². The second-order valence-corrected chi connectivity index (χ2v) is 5.46. The van der Waals surface area contributed by atoms with Crippen LogP contribution in [0.15, 0.2) is 72.8 Å². The highest BCUT2D eigenvalue weighted by Crippen LogP contribution is 2.37. The van der Waals surface area contributed by atoms with Crippen molar-refractivity contribution in [2.75, 3.05) is 0 Å². The Bertz CT molecular complexity index is 736. The predicted molar refractivity (Wildman–Crippen MR) is 91.6 cm³/mol. The Labute approximate surface area is 133 Å². The van der Waals surface area contributed by atoms with Crippen molar-refractivity contribution in [2.24, 2.45) is 0 Å². The molecule has 1 nitrogen and oxygen atoms in total. The monoisotopic (exact) mass is 338 g/mol. The van der Waals surface area contributed by atoms with E-state index in [1.165, 1.54) is 0 Å². The molecule has 3 rings (SSSR count). The van der Waals surface area contributed by atoms with Gasteiger partial charge in [-0.05, 0) is 28.8 Å². The number of aromatic hydroxyl groups is 1. The van der Waals surface area contributed by atoms with Crippen LogP contribution in [0.3, 0.4) is 0 Å². The molecule has 0 aliphatic carbocycles. The van der Waals surface area contributed by atoms with Crippen LogP contribution in [-0.4, -0.2) is 5.11 Å². The van der Waals surface area contributed by atoms with Gasteiger partial charge in [0.15, 0.2) is 0 Å². The van der Waals surface area contributed by atoms with Crippen molar-refractivity contribution in [3.63, 3.8) is 0 Å². The normalized spacial score (nSPS) is 10.5. The van der Waals surface area contributed by atoms with E-state index in [1.807, 2.05) is 60.7 Å². The van der Waals surface area contributed by atoms with Crippen LogP contribution in [-0.2, 0) is 5.33 Å². The summed E-state index contributed by atoms with van der Waals surface area (Å²) in [5.41, 5.74) is 5.05. The molecule has 21 heavy (non-hydrogen) atoms. The summed E-state index contributed by atoms with van der Waals surface area (Å²) in [4.78, 5) is 0. The molecule has 0 unspecified atom stereocenters. The highest BCUT2D eigenvalue weighted by atomic mass is 79.9. The van der Waals surface area contributed by atoms with Crippen molar-refractivity contribution in [3.8, 4) is 28.0 Å². The Hall–Kier alpha value is -2.06. The van der Waals surface area contributed by atoms with Crippen LogP contribution >= 0.6 is 15.9 Å². The lowest BCUT2D eigenvalue weighted by molar-refractivity contribution is 0.473. The lowest BCUT2D eigenvalue weighted by Crippen LogP contribution is -1.88. The lowest BCUT2D eigenvalue weighted by atomic mass is 9.95. The minimum atomic E-state index is 0.345. The van der Waals surface area contributed by atoms with Crippen molar-refractivity contribution in [1.29, 1.82) is 0 Å². The van der Waals surface area contributed by atoms with Crippen molar-refractivity contribution >= 4 is 15.9 Å². The summed E-state index contributed by atoms with van der Waals surface area (Å²) >= 11 is 3.46. The van der Waals surface area contributed by atoms with E-state index in [-0.39, 0.29) is 0 Å². The first kappa shape index (κ1) is 13.9. The fourth-order valence-electron chi connectivity index (χ4n) is 2.43. The standard InChI is InChI=1S/C19H15BrO/c20-13-17-11-16(14-7-3-1-4-8-14)12-18(19(17)21)15-9-5-2-6-10-15/h1-12,21H,13H2. The van der Waals surface area contributed by atoms with Crippen LogP contribution in [0.4, 0.5) is 0 Å². The second kappa shape index (κ2) is 6.15. The van der Waals surface area contributed by atoms with Gasteiger partial charge in [-0.3, -0.25) is 0 Å². The van der Waals surface area contributed by atoms with E-state index in [1.54, 1.807) is 0 Å². The van der Waals surface area contributed by atoms with E-state index in [2.05, 4.69) is 28.1 Å². The summed E-state index contributed by atoms with van der Waals surface area (Å²) in [5.74, 6) is 0.345. The molecule has 104 valence electrons. The number of rotatable bonds is 3. The molecule has 0 saturated heterocycles. The molecular weight excluding hydrogens is 324 g/mol. The molecule has 0 fully saturated rings. The zero-order valence-corrected chi connectivity index (χ0v) is 13.0. The molecular formula is C19H15BrO. The molecule has 0 aromatic heterocycles. The smallest absolute Gasteiger partial charge is 0.127 e. The quantitative estimate of drug-likeness (QED) is 0.614. The van der Waals surface area contributed by atoms with Gasteiger partial charge >= 0.3 is 0 Å². The molecule has 0 radical (unpaired) electrons. The van der Waals surface area contributed by atoms with E-state index in [4.69, 9.17) is 0 Å². The van der Waals surface area contributed by atoms with Gasteiger partial charge in [0.05, 0.1) is 0 Å². The summed E-state index contributed by atoms with van der Waals surface area (Å²) in [6.07, 6.45) is 0. The third kappa shape index (κ3) is 2.86. The van der Waals surface area contributed by atoms with Gasteiger partial charge in [-0.1, -0.05) is 76.6 Å². The predicted octanol–water partition coefficient (Wildman–Crippen LogP) is 5.62. The molecule has 0 saturated carbocycles. The SMILES string of the molecule is Oc1c(CBr)cc(-c2ccccc2)cc1-c1ccccc1. The average molecular weight is 339 g/mol. The first-order chi connectivity index (χ1) is 10.3. The lowest BCUT2D eigenvalue weighted by Gasteiger charge is -2.12. The Morgan fingerprint density at radius 3 is 1.86 bits per heavy atom. The second-order valence-electron chi connectivity index (χ2n) is 4.90. The van der Waals surface area contributed by atoms with Crippen LogP contribution < -0.4 is 0 Å².